The van der Waals surface area contributed by atoms with Crippen molar-refractivity contribution in [1.29, 1.82) is 0 Å². The maximum atomic E-state index is 11.7. The van der Waals surface area contributed by atoms with Gasteiger partial charge in [0.2, 0.25) is 0 Å². The van der Waals surface area contributed by atoms with Crippen molar-refractivity contribution in [3.63, 3.8) is 0 Å². The van der Waals surface area contributed by atoms with Crippen LogP contribution in [0.2, 0.25) is 0 Å². The van der Waals surface area contributed by atoms with Crippen LogP contribution in [-0.2, 0) is 0 Å². The average molecular weight is 451 g/mol. The van der Waals surface area contributed by atoms with Crippen molar-refractivity contribution in [2.75, 3.05) is 27.2 Å². The minimum atomic E-state index is -0.987. The molecule has 7 nitrogen and oxygen atoms in total. The molecule has 0 unspecified atom stereocenters. The molecule has 1 saturated heterocycles. The van der Waals surface area contributed by atoms with Crippen molar-refractivity contribution < 1.29 is 14.3 Å². The number of carbonyl (C=O) groups is 1. The predicted octanol–water partition coefficient (Wildman–Crippen LogP) is 3.96. The first kappa shape index (κ1) is 22.0. The topological polar surface area (TPSA) is 81.8 Å². The number of aromatic nitrogens is 1. The smallest absolute Gasteiger partial charge is 0.336 e. The van der Waals surface area contributed by atoms with Gasteiger partial charge in [-0.25, -0.2) is 4.79 Å². The van der Waals surface area contributed by atoms with E-state index in [-0.39, 0.29) is 17.6 Å². The lowest BCUT2D eigenvalue weighted by molar-refractivity contribution is 0.0697. The Bertz CT molecular complexity index is 1100. The van der Waals surface area contributed by atoms with E-state index >= 15 is 0 Å². The second kappa shape index (κ2) is 9.50. The maximum Gasteiger partial charge on any atom is 0.336 e. The normalized spacial score (nSPS) is 18.2. The van der Waals surface area contributed by atoms with Gasteiger partial charge in [0.1, 0.15) is 17.6 Å². The number of furan rings is 1. The van der Waals surface area contributed by atoms with E-state index in [4.69, 9.17) is 16.6 Å². The Morgan fingerprint density at radius 1 is 1.19 bits per heavy atom. The zero-order valence-electron chi connectivity index (χ0n) is 18.1. The van der Waals surface area contributed by atoms with Crippen LogP contribution in [0, 0.1) is 0 Å². The number of carboxylic acid groups (broad SMARTS) is 1. The number of pyridine rings is 1. The molecule has 1 aliphatic heterocycles. The molecule has 2 aromatic heterocycles. The molecule has 1 fully saturated rings. The predicted molar refractivity (Wildman–Crippen MR) is 126 cm³/mol. The minimum Gasteiger partial charge on any atom is -0.478 e. The van der Waals surface area contributed by atoms with E-state index in [9.17, 15) is 9.90 Å². The molecule has 1 aliphatic rings. The van der Waals surface area contributed by atoms with Crippen molar-refractivity contribution >= 4 is 23.3 Å². The van der Waals surface area contributed by atoms with Gasteiger partial charge in [0.15, 0.2) is 5.11 Å². The molecule has 0 bridgehead atoms. The number of hydrogen-bond donors (Lipinski definition) is 2. The molecule has 1 aromatic carbocycles. The summed E-state index contributed by atoms with van der Waals surface area (Å²) in [6.07, 6.45) is 2.71. The van der Waals surface area contributed by atoms with Crippen LogP contribution >= 0.6 is 12.2 Å². The van der Waals surface area contributed by atoms with Gasteiger partial charge in [-0.3, -0.25) is 4.98 Å². The summed E-state index contributed by atoms with van der Waals surface area (Å²) in [4.78, 5) is 20.5. The number of carboxylic acids is 1. The minimum absolute atomic E-state index is 0.170. The number of rotatable bonds is 8. The molecule has 3 aromatic rings. The number of hydrogen-bond acceptors (Lipinski definition) is 5. The highest BCUT2D eigenvalue weighted by atomic mass is 32.1. The number of aromatic carboxylic acids is 1. The fraction of sp³-hybridized carbons (Fsp3) is 0.292. The maximum absolute atomic E-state index is 11.7. The lowest BCUT2D eigenvalue weighted by atomic mass is 10.0. The summed E-state index contributed by atoms with van der Waals surface area (Å²) in [5.41, 5.74) is 1.63. The van der Waals surface area contributed by atoms with Crippen LogP contribution in [0.3, 0.4) is 0 Å². The average Bonchev–Trinajstić information content (AvgIpc) is 3.39. The van der Waals surface area contributed by atoms with Crippen LogP contribution in [0.5, 0.6) is 0 Å². The Balaban J connectivity index is 1.70. The SMILES string of the molecule is CN(C)CCCN1C(=S)N[C@H](c2ccccn2)[C@@H]1c1ccc(-c2ccccc2C(=O)O)o1. The molecule has 4 rings (SSSR count). The molecule has 0 amide bonds. The zero-order chi connectivity index (χ0) is 22.7. The van der Waals surface area contributed by atoms with Gasteiger partial charge in [-0.1, -0.05) is 24.3 Å². The molecule has 2 N–H and O–H groups in total. The first-order valence-electron chi connectivity index (χ1n) is 10.5. The number of thiocarbonyl (C=S) groups is 1. The lowest BCUT2D eigenvalue weighted by Gasteiger charge is -2.26. The van der Waals surface area contributed by atoms with E-state index in [2.05, 4.69) is 20.1 Å². The molecular formula is C24H26N4O3S. The second-order valence-corrected chi connectivity index (χ2v) is 8.42. The Morgan fingerprint density at radius 2 is 1.97 bits per heavy atom. The molecular weight excluding hydrogens is 424 g/mol. The molecule has 166 valence electrons. The number of benzene rings is 1. The Labute approximate surface area is 192 Å². The third-order valence-electron chi connectivity index (χ3n) is 5.54. The summed E-state index contributed by atoms with van der Waals surface area (Å²) in [6, 6.07) is 16.0. The van der Waals surface area contributed by atoms with Crippen molar-refractivity contribution in [1.82, 2.24) is 20.1 Å². The standard InChI is InChI=1S/C24H26N4O3S/c1-27(2)14-7-15-28-22(21(26-24(28)32)18-10-5-6-13-25-18)20-12-11-19(31-20)16-8-3-4-9-17(16)23(29)30/h3-6,8-13,21-22H,7,14-15H2,1-2H3,(H,26,32)(H,29,30)/t21-,22+/m1/s1. The van der Waals surface area contributed by atoms with Gasteiger partial charge in [-0.05, 0) is 69.6 Å². The van der Waals surface area contributed by atoms with Gasteiger partial charge in [0.05, 0.1) is 17.3 Å². The Morgan fingerprint density at radius 3 is 2.69 bits per heavy atom. The summed E-state index contributed by atoms with van der Waals surface area (Å²) >= 11 is 5.68. The summed E-state index contributed by atoms with van der Waals surface area (Å²) in [5.74, 6) is 0.246. The third kappa shape index (κ3) is 4.51. The molecule has 3 heterocycles. The monoisotopic (exact) mass is 450 g/mol. The van der Waals surface area contributed by atoms with E-state index in [1.165, 1.54) is 0 Å². The van der Waals surface area contributed by atoms with Crippen molar-refractivity contribution in [3.8, 4) is 11.3 Å². The van der Waals surface area contributed by atoms with Gasteiger partial charge in [0.25, 0.3) is 0 Å². The fourth-order valence-electron chi connectivity index (χ4n) is 4.05. The Hall–Kier alpha value is -3.23. The first-order valence-corrected chi connectivity index (χ1v) is 10.9. The number of nitrogens with zero attached hydrogens (tertiary/aromatic N) is 3. The lowest BCUT2D eigenvalue weighted by Crippen LogP contribution is -2.32. The van der Waals surface area contributed by atoms with Gasteiger partial charge in [0, 0.05) is 18.3 Å². The highest BCUT2D eigenvalue weighted by Crippen LogP contribution is 2.40. The fourth-order valence-corrected chi connectivity index (χ4v) is 4.39. The van der Waals surface area contributed by atoms with Crippen molar-refractivity contribution in [3.05, 3.63) is 77.8 Å². The van der Waals surface area contributed by atoms with E-state index in [0.717, 1.165) is 25.2 Å². The van der Waals surface area contributed by atoms with Crippen LogP contribution in [0.1, 0.15) is 40.3 Å². The van der Waals surface area contributed by atoms with Crippen LogP contribution in [0.15, 0.2) is 65.2 Å². The van der Waals surface area contributed by atoms with E-state index in [0.29, 0.717) is 22.2 Å². The quantitative estimate of drug-likeness (QED) is 0.499. The molecule has 2 atom stereocenters. The van der Waals surface area contributed by atoms with E-state index < -0.39 is 5.97 Å². The van der Waals surface area contributed by atoms with Gasteiger partial charge < -0.3 is 24.6 Å². The largest absolute Gasteiger partial charge is 0.478 e. The first-order chi connectivity index (χ1) is 15.5. The highest BCUT2D eigenvalue weighted by molar-refractivity contribution is 7.80. The van der Waals surface area contributed by atoms with Crippen molar-refractivity contribution in [2.24, 2.45) is 0 Å². The van der Waals surface area contributed by atoms with Gasteiger partial charge in [-0.15, -0.1) is 0 Å². The zero-order valence-corrected chi connectivity index (χ0v) is 18.9. The second-order valence-electron chi connectivity index (χ2n) is 8.03. The molecule has 8 heteroatoms. The molecule has 32 heavy (non-hydrogen) atoms. The highest BCUT2D eigenvalue weighted by Gasteiger charge is 2.41. The third-order valence-corrected chi connectivity index (χ3v) is 5.90. The van der Waals surface area contributed by atoms with Crippen molar-refractivity contribution in [2.45, 2.75) is 18.5 Å². The number of nitrogens with one attached hydrogen (secondary N) is 1. The molecule has 0 saturated carbocycles. The van der Waals surface area contributed by atoms with Gasteiger partial charge >= 0.3 is 5.97 Å². The van der Waals surface area contributed by atoms with E-state index in [1.54, 1.807) is 30.5 Å². The van der Waals surface area contributed by atoms with Gasteiger partial charge in [-0.2, -0.15) is 0 Å². The Kier molecular flexibility index (Phi) is 6.53. The molecule has 0 aliphatic carbocycles. The summed E-state index contributed by atoms with van der Waals surface area (Å²) < 4.78 is 6.26. The summed E-state index contributed by atoms with van der Waals surface area (Å²) in [5, 5.41) is 13.6. The molecule has 0 spiro atoms. The molecule has 0 radical (unpaired) electrons. The van der Waals surface area contributed by atoms with Crippen LogP contribution in [0.4, 0.5) is 0 Å². The van der Waals surface area contributed by atoms with Crippen LogP contribution in [-0.4, -0.2) is 58.2 Å². The van der Waals surface area contributed by atoms with E-state index in [1.807, 2.05) is 44.4 Å². The summed E-state index contributed by atoms with van der Waals surface area (Å²) in [7, 11) is 4.10. The van der Waals surface area contributed by atoms with Crippen LogP contribution in [0.25, 0.3) is 11.3 Å². The van der Waals surface area contributed by atoms with Crippen LogP contribution < -0.4 is 5.32 Å². The summed E-state index contributed by atoms with van der Waals surface area (Å²) in [6.45, 7) is 1.70.